The number of nitrogens with one attached hydrogen (secondary N) is 1. The molecule has 3 N–H and O–H groups in total. The van der Waals surface area contributed by atoms with Crippen LogP contribution in [0.2, 0.25) is 0 Å². The van der Waals surface area contributed by atoms with E-state index in [2.05, 4.69) is 20.7 Å². The van der Waals surface area contributed by atoms with Gasteiger partial charge in [-0.1, -0.05) is 18.9 Å². The lowest BCUT2D eigenvalue weighted by molar-refractivity contribution is 0.296. The second-order valence-corrected chi connectivity index (χ2v) is 7.60. The lowest BCUT2D eigenvalue weighted by Gasteiger charge is -2.31. The van der Waals surface area contributed by atoms with Gasteiger partial charge in [0, 0.05) is 6.04 Å². The van der Waals surface area contributed by atoms with E-state index in [1.165, 1.54) is 18.2 Å². The second-order valence-electron chi connectivity index (χ2n) is 5.06. The maximum Gasteiger partial charge on any atom is 0.243 e. The molecule has 0 bridgehead atoms. The van der Waals surface area contributed by atoms with Crippen molar-refractivity contribution in [2.75, 3.05) is 6.54 Å². The number of hydrogen-bond donors (Lipinski definition) is 2. The molecule has 120 valence electrons. The molecule has 2 atom stereocenters. The van der Waals surface area contributed by atoms with Gasteiger partial charge >= 0.3 is 0 Å². The van der Waals surface area contributed by atoms with Gasteiger partial charge in [-0.05, 0) is 53.4 Å². The smallest absolute Gasteiger partial charge is 0.243 e. The largest absolute Gasteiger partial charge is 0.330 e. The van der Waals surface area contributed by atoms with Crippen LogP contribution in [-0.2, 0) is 10.0 Å². The molecule has 0 spiro atoms. The van der Waals surface area contributed by atoms with Gasteiger partial charge in [0.25, 0.3) is 0 Å². The van der Waals surface area contributed by atoms with E-state index in [1.807, 2.05) is 0 Å². The summed E-state index contributed by atoms with van der Waals surface area (Å²) in [5, 5.41) is 0. The predicted molar refractivity (Wildman–Crippen MR) is 86.5 cm³/mol. The summed E-state index contributed by atoms with van der Waals surface area (Å²) in [6, 6.07) is 4.03. The van der Waals surface area contributed by atoms with Crippen LogP contribution in [0.1, 0.15) is 25.7 Å². The van der Waals surface area contributed by atoms with E-state index in [-0.39, 0.29) is 33.7 Å². The third-order valence-corrected chi connectivity index (χ3v) is 5.84. The van der Waals surface area contributed by atoms with Crippen molar-refractivity contribution in [2.45, 2.75) is 36.6 Å². The molecule has 1 aromatic carbocycles. The van der Waals surface area contributed by atoms with Crippen LogP contribution < -0.4 is 10.5 Å². The van der Waals surface area contributed by atoms with Crippen LogP contribution in [0.15, 0.2) is 27.6 Å². The zero-order valence-electron chi connectivity index (χ0n) is 11.4. The van der Waals surface area contributed by atoms with Gasteiger partial charge in [0.15, 0.2) is 5.82 Å². The van der Waals surface area contributed by atoms with Crippen molar-refractivity contribution in [3.8, 4) is 0 Å². The van der Waals surface area contributed by atoms with Crippen LogP contribution in [0.4, 0.5) is 4.39 Å². The molecule has 1 aliphatic carbocycles. The minimum atomic E-state index is -3.87. The van der Waals surface area contributed by atoms with Crippen molar-refractivity contribution < 1.29 is 12.8 Å². The molecule has 2 rings (SSSR count). The Balaban J connectivity index is 0.00000220. The molecule has 0 saturated heterocycles. The number of sulfonamides is 1. The van der Waals surface area contributed by atoms with Crippen molar-refractivity contribution in [3.05, 3.63) is 28.5 Å². The number of nitrogens with two attached hydrogens (primary N) is 1. The van der Waals surface area contributed by atoms with Crippen LogP contribution in [0.5, 0.6) is 0 Å². The van der Waals surface area contributed by atoms with E-state index in [9.17, 15) is 12.8 Å². The molecule has 0 radical (unpaired) electrons. The molecule has 0 heterocycles. The Bertz CT molecular complexity index is 586. The Morgan fingerprint density at radius 1 is 1.33 bits per heavy atom. The fraction of sp³-hybridized carbons (Fsp3) is 0.538. The average Bonchev–Trinajstić information content (AvgIpc) is 2.42. The van der Waals surface area contributed by atoms with Crippen LogP contribution in [0, 0.1) is 11.7 Å². The minimum absolute atomic E-state index is 0. The van der Waals surface area contributed by atoms with Gasteiger partial charge in [0.2, 0.25) is 10.0 Å². The van der Waals surface area contributed by atoms with Crippen LogP contribution in [-0.4, -0.2) is 21.0 Å². The van der Waals surface area contributed by atoms with Gasteiger partial charge in [-0.3, -0.25) is 0 Å². The highest BCUT2D eigenvalue weighted by Crippen LogP contribution is 2.27. The molecule has 1 saturated carbocycles. The van der Waals surface area contributed by atoms with Gasteiger partial charge in [-0.25, -0.2) is 17.5 Å². The van der Waals surface area contributed by atoms with Crippen molar-refractivity contribution in [1.29, 1.82) is 0 Å². The maximum absolute atomic E-state index is 13.9. The van der Waals surface area contributed by atoms with Crippen molar-refractivity contribution >= 4 is 38.4 Å². The standard InChI is InChI=1S/C13H18BrFN2O2S.ClH/c14-10-5-3-7-12(13(10)15)20(18,19)17-11-6-2-1-4-9(11)8-16;/h3,5,7,9,11,17H,1-2,4,6,8,16H2;1H. The Morgan fingerprint density at radius 2 is 2.00 bits per heavy atom. The third-order valence-electron chi connectivity index (χ3n) is 3.72. The average molecular weight is 402 g/mol. The highest BCUT2D eigenvalue weighted by molar-refractivity contribution is 9.10. The van der Waals surface area contributed by atoms with Crippen LogP contribution in [0.25, 0.3) is 0 Å². The first kappa shape index (κ1) is 18.8. The second kappa shape index (κ2) is 7.87. The SMILES string of the molecule is Cl.NCC1CCCCC1NS(=O)(=O)c1cccc(Br)c1F. The van der Waals surface area contributed by atoms with E-state index in [0.717, 1.165) is 25.7 Å². The lowest BCUT2D eigenvalue weighted by Crippen LogP contribution is -2.44. The topological polar surface area (TPSA) is 72.2 Å². The van der Waals surface area contributed by atoms with Gasteiger partial charge in [-0.2, -0.15) is 0 Å². The summed E-state index contributed by atoms with van der Waals surface area (Å²) in [5.41, 5.74) is 5.69. The fourth-order valence-corrected chi connectivity index (χ4v) is 4.54. The summed E-state index contributed by atoms with van der Waals surface area (Å²) in [6.07, 6.45) is 3.68. The highest BCUT2D eigenvalue weighted by atomic mass is 79.9. The molecule has 0 amide bonds. The minimum Gasteiger partial charge on any atom is -0.330 e. The van der Waals surface area contributed by atoms with Gasteiger partial charge in [0.1, 0.15) is 4.90 Å². The van der Waals surface area contributed by atoms with Crippen LogP contribution in [0.3, 0.4) is 0 Å². The van der Waals surface area contributed by atoms with E-state index in [4.69, 9.17) is 5.73 Å². The summed E-state index contributed by atoms with van der Waals surface area (Å²) >= 11 is 3.00. The maximum atomic E-state index is 13.9. The lowest BCUT2D eigenvalue weighted by atomic mass is 9.85. The van der Waals surface area contributed by atoms with E-state index in [1.54, 1.807) is 0 Å². The zero-order chi connectivity index (χ0) is 14.8. The predicted octanol–water partition coefficient (Wildman–Crippen LogP) is 2.81. The summed E-state index contributed by atoms with van der Waals surface area (Å²) < 4.78 is 41.3. The number of benzene rings is 1. The molecular weight excluding hydrogens is 383 g/mol. The normalized spacial score (nSPS) is 22.6. The first-order chi connectivity index (χ1) is 9.45. The zero-order valence-corrected chi connectivity index (χ0v) is 14.6. The summed E-state index contributed by atoms with van der Waals surface area (Å²) in [6.45, 7) is 0.439. The third kappa shape index (κ3) is 4.39. The van der Waals surface area contributed by atoms with E-state index < -0.39 is 15.8 Å². The van der Waals surface area contributed by atoms with Gasteiger partial charge < -0.3 is 5.73 Å². The Hall–Kier alpha value is -0.210. The molecule has 21 heavy (non-hydrogen) atoms. The molecule has 0 aromatic heterocycles. The molecular formula is C13H19BrClFN2O2S. The first-order valence-electron chi connectivity index (χ1n) is 6.62. The Morgan fingerprint density at radius 3 is 2.67 bits per heavy atom. The molecule has 4 nitrogen and oxygen atoms in total. The van der Waals surface area contributed by atoms with E-state index in [0.29, 0.717) is 6.54 Å². The Kier molecular flexibility index (Phi) is 7.06. The molecule has 8 heteroatoms. The number of rotatable bonds is 4. The quantitative estimate of drug-likeness (QED) is 0.815. The summed E-state index contributed by atoms with van der Waals surface area (Å²) in [4.78, 5) is -0.326. The number of hydrogen-bond acceptors (Lipinski definition) is 3. The van der Waals surface area contributed by atoms with Crippen LogP contribution >= 0.6 is 28.3 Å². The number of halogens is 3. The molecule has 0 aliphatic heterocycles. The highest BCUT2D eigenvalue weighted by Gasteiger charge is 2.30. The van der Waals surface area contributed by atoms with Crippen molar-refractivity contribution in [1.82, 2.24) is 4.72 Å². The van der Waals surface area contributed by atoms with Crippen molar-refractivity contribution in [2.24, 2.45) is 11.7 Å². The molecule has 1 fully saturated rings. The molecule has 1 aliphatic rings. The molecule has 1 aromatic rings. The summed E-state index contributed by atoms with van der Waals surface area (Å²) in [7, 11) is -3.87. The van der Waals surface area contributed by atoms with Crippen molar-refractivity contribution in [3.63, 3.8) is 0 Å². The molecule has 2 unspecified atom stereocenters. The van der Waals surface area contributed by atoms with E-state index >= 15 is 0 Å². The van der Waals surface area contributed by atoms with Gasteiger partial charge in [-0.15, -0.1) is 12.4 Å². The Labute approximate surface area is 139 Å². The summed E-state index contributed by atoms with van der Waals surface area (Å²) in [5.74, 6) is -0.645. The fourth-order valence-electron chi connectivity index (χ4n) is 2.60. The monoisotopic (exact) mass is 400 g/mol. The van der Waals surface area contributed by atoms with Gasteiger partial charge in [0.05, 0.1) is 4.47 Å². The first-order valence-corrected chi connectivity index (χ1v) is 8.89.